The number of benzene rings is 2. The van der Waals surface area contributed by atoms with E-state index in [-0.39, 0.29) is 23.3 Å². The van der Waals surface area contributed by atoms with Crippen molar-refractivity contribution in [2.24, 2.45) is 0 Å². The van der Waals surface area contributed by atoms with Crippen molar-refractivity contribution >= 4 is 33.9 Å². The van der Waals surface area contributed by atoms with Crippen molar-refractivity contribution in [2.75, 3.05) is 11.9 Å². The van der Waals surface area contributed by atoms with Gasteiger partial charge in [0.2, 0.25) is 0 Å². The standard InChI is InChI=1S/C16H13ClN4O4/c17-11-4-2-1-3-9(11)15(22)7-18-13-6-12-10(5-14(13)21(24)25)16(23)20-8-19-12/h1-6,8,15,18,22H,7H2,(H,19,20,23). The number of nitrogens with zero attached hydrogens (tertiary/aromatic N) is 2. The van der Waals surface area contributed by atoms with Gasteiger partial charge < -0.3 is 15.4 Å². The minimum absolute atomic E-state index is 0.000723. The maximum Gasteiger partial charge on any atom is 0.293 e. The van der Waals surface area contributed by atoms with E-state index in [1.165, 1.54) is 12.4 Å². The molecular weight excluding hydrogens is 348 g/mol. The lowest BCUT2D eigenvalue weighted by atomic mass is 10.1. The Morgan fingerprint density at radius 3 is 2.84 bits per heavy atom. The third-order valence-electron chi connectivity index (χ3n) is 3.70. The van der Waals surface area contributed by atoms with Gasteiger partial charge in [-0.05, 0) is 12.1 Å². The molecule has 0 aliphatic carbocycles. The van der Waals surface area contributed by atoms with E-state index in [0.29, 0.717) is 16.1 Å². The van der Waals surface area contributed by atoms with Crippen molar-refractivity contribution in [3.8, 4) is 0 Å². The lowest BCUT2D eigenvalue weighted by molar-refractivity contribution is -0.383. The zero-order valence-electron chi connectivity index (χ0n) is 12.8. The fourth-order valence-corrected chi connectivity index (χ4v) is 2.72. The summed E-state index contributed by atoms with van der Waals surface area (Å²) in [6.07, 6.45) is 0.259. The van der Waals surface area contributed by atoms with Crippen LogP contribution in [0.2, 0.25) is 5.02 Å². The molecule has 25 heavy (non-hydrogen) atoms. The zero-order chi connectivity index (χ0) is 18.0. The number of anilines is 1. The number of nitro benzene ring substituents is 1. The van der Waals surface area contributed by atoms with Gasteiger partial charge in [0.25, 0.3) is 11.2 Å². The second-order valence-corrected chi connectivity index (χ2v) is 5.70. The number of hydrogen-bond acceptors (Lipinski definition) is 6. The Labute approximate surface area is 146 Å². The van der Waals surface area contributed by atoms with Gasteiger partial charge >= 0.3 is 0 Å². The van der Waals surface area contributed by atoms with E-state index in [1.807, 2.05) is 0 Å². The molecule has 0 saturated carbocycles. The molecule has 3 aromatic rings. The average molecular weight is 361 g/mol. The minimum Gasteiger partial charge on any atom is -0.387 e. The van der Waals surface area contributed by atoms with Gasteiger partial charge in [-0.25, -0.2) is 4.98 Å². The number of halogens is 1. The number of aliphatic hydroxyl groups excluding tert-OH is 1. The van der Waals surface area contributed by atoms with Crippen molar-refractivity contribution in [1.29, 1.82) is 0 Å². The number of fused-ring (bicyclic) bond motifs is 1. The third kappa shape index (κ3) is 3.44. The summed E-state index contributed by atoms with van der Waals surface area (Å²) in [6, 6.07) is 9.36. The predicted molar refractivity (Wildman–Crippen MR) is 93.9 cm³/mol. The monoisotopic (exact) mass is 360 g/mol. The molecule has 9 heteroatoms. The number of aromatic nitrogens is 2. The fraction of sp³-hybridized carbons (Fsp3) is 0.125. The van der Waals surface area contributed by atoms with Crippen molar-refractivity contribution in [1.82, 2.24) is 9.97 Å². The molecule has 8 nitrogen and oxygen atoms in total. The van der Waals surface area contributed by atoms with Crippen LogP contribution in [0.3, 0.4) is 0 Å². The first kappa shape index (κ1) is 16.9. The van der Waals surface area contributed by atoms with Crippen LogP contribution < -0.4 is 10.9 Å². The Bertz CT molecular complexity index is 1000. The van der Waals surface area contributed by atoms with Gasteiger partial charge in [-0.15, -0.1) is 0 Å². The first-order chi connectivity index (χ1) is 12.0. The minimum atomic E-state index is -0.962. The second kappa shape index (κ2) is 6.88. The third-order valence-corrected chi connectivity index (χ3v) is 4.05. The molecule has 0 aliphatic heterocycles. The summed E-state index contributed by atoms with van der Waals surface area (Å²) in [5.41, 5.74) is 0.230. The van der Waals surface area contributed by atoms with Crippen LogP contribution in [0.5, 0.6) is 0 Å². The van der Waals surface area contributed by atoms with Crippen LogP contribution in [0.25, 0.3) is 10.9 Å². The van der Waals surface area contributed by atoms with Gasteiger partial charge in [0.15, 0.2) is 0 Å². The molecule has 0 bridgehead atoms. The molecule has 0 fully saturated rings. The second-order valence-electron chi connectivity index (χ2n) is 5.29. The number of aromatic amines is 1. The molecule has 0 spiro atoms. The first-order valence-electron chi connectivity index (χ1n) is 7.29. The van der Waals surface area contributed by atoms with E-state index in [0.717, 1.165) is 6.07 Å². The Morgan fingerprint density at radius 2 is 2.12 bits per heavy atom. The summed E-state index contributed by atoms with van der Waals surface area (Å²) < 4.78 is 0. The van der Waals surface area contributed by atoms with Crippen molar-refractivity contribution in [3.05, 3.63) is 73.8 Å². The molecule has 2 aromatic carbocycles. The summed E-state index contributed by atoms with van der Waals surface area (Å²) in [7, 11) is 0. The fourth-order valence-electron chi connectivity index (χ4n) is 2.46. The van der Waals surface area contributed by atoms with Gasteiger partial charge in [0.1, 0.15) is 5.69 Å². The zero-order valence-corrected chi connectivity index (χ0v) is 13.5. The van der Waals surface area contributed by atoms with E-state index < -0.39 is 16.6 Å². The summed E-state index contributed by atoms with van der Waals surface area (Å²) in [5.74, 6) is 0. The van der Waals surface area contributed by atoms with Gasteiger partial charge in [-0.1, -0.05) is 29.8 Å². The predicted octanol–water partition coefficient (Wildman–Crippen LogP) is 2.63. The van der Waals surface area contributed by atoms with Gasteiger partial charge in [0.05, 0.1) is 28.3 Å². The maximum absolute atomic E-state index is 11.8. The van der Waals surface area contributed by atoms with Gasteiger partial charge in [0, 0.05) is 23.2 Å². The van der Waals surface area contributed by atoms with E-state index in [1.54, 1.807) is 24.3 Å². The van der Waals surface area contributed by atoms with Crippen LogP contribution in [-0.4, -0.2) is 26.5 Å². The average Bonchev–Trinajstić information content (AvgIpc) is 2.59. The quantitative estimate of drug-likeness (QED) is 0.475. The lowest BCUT2D eigenvalue weighted by Gasteiger charge is -2.14. The van der Waals surface area contributed by atoms with E-state index in [2.05, 4.69) is 15.3 Å². The summed E-state index contributed by atoms with van der Waals surface area (Å²) in [6.45, 7) is -0.000723. The van der Waals surface area contributed by atoms with Crippen LogP contribution >= 0.6 is 11.6 Å². The highest BCUT2D eigenvalue weighted by molar-refractivity contribution is 6.31. The van der Waals surface area contributed by atoms with E-state index in [9.17, 15) is 20.0 Å². The SMILES string of the molecule is O=c1[nH]cnc2cc(NCC(O)c3ccccc3Cl)c([N+](=O)[O-])cc12. The number of rotatable bonds is 5. The molecule has 1 aromatic heterocycles. The van der Waals surface area contributed by atoms with Crippen molar-refractivity contribution in [2.45, 2.75) is 6.10 Å². The van der Waals surface area contributed by atoms with Crippen LogP contribution in [0.1, 0.15) is 11.7 Å². The van der Waals surface area contributed by atoms with Crippen molar-refractivity contribution < 1.29 is 10.0 Å². The number of hydrogen-bond donors (Lipinski definition) is 3. The Balaban J connectivity index is 1.93. The van der Waals surface area contributed by atoms with Gasteiger partial charge in [-0.3, -0.25) is 14.9 Å². The molecule has 1 unspecified atom stereocenters. The van der Waals surface area contributed by atoms with E-state index >= 15 is 0 Å². The molecule has 0 saturated heterocycles. The number of nitrogens with one attached hydrogen (secondary N) is 2. The molecule has 1 heterocycles. The Morgan fingerprint density at radius 1 is 1.36 bits per heavy atom. The van der Waals surface area contributed by atoms with Crippen LogP contribution in [0.4, 0.5) is 11.4 Å². The topological polar surface area (TPSA) is 121 Å². The normalized spacial score (nSPS) is 12.1. The molecule has 0 aliphatic rings. The maximum atomic E-state index is 11.8. The molecule has 128 valence electrons. The Hall–Kier alpha value is -2.97. The molecule has 3 rings (SSSR count). The molecular formula is C16H13ClN4O4. The largest absolute Gasteiger partial charge is 0.387 e. The van der Waals surface area contributed by atoms with Gasteiger partial charge in [-0.2, -0.15) is 0 Å². The molecule has 0 radical (unpaired) electrons. The number of nitro groups is 1. The first-order valence-corrected chi connectivity index (χ1v) is 7.67. The summed E-state index contributed by atoms with van der Waals surface area (Å²) >= 11 is 6.03. The lowest BCUT2D eigenvalue weighted by Crippen LogP contribution is -2.14. The van der Waals surface area contributed by atoms with Crippen molar-refractivity contribution in [3.63, 3.8) is 0 Å². The number of aliphatic hydroxyl groups is 1. The molecule has 1 atom stereocenters. The molecule has 3 N–H and O–H groups in total. The Kier molecular flexibility index (Phi) is 4.64. The van der Waals surface area contributed by atoms with E-state index in [4.69, 9.17) is 11.6 Å². The smallest absolute Gasteiger partial charge is 0.293 e. The molecule has 0 amide bonds. The highest BCUT2D eigenvalue weighted by atomic mass is 35.5. The summed E-state index contributed by atoms with van der Waals surface area (Å²) in [5, 5.41) is 24.9. The van der Waals surface area contributed by atoms with Crippen LogP contribution in [-0.2, 0) is 0 Å². The summed E-state index contributed by atoms with van der Waals surface area (Å²) in [4.78, 5) is 28.8. The van der Waals surface area contributed by atoms with Crippen LogP contribution in [0.15, 0.2) is 47.5 Å². The highest BCUT2D eigenvalue weighted by Gasteiger charge is 2.19. The number of H-pyrrole nitrogens is 1. The van der Waals surface area contributed by atoms with Crippen LogP contribution in [0, 0.1) is 10.1 Å². The highest BCUT2D eigenvalue weighted by Crippen LogP contribution is 2.29.